The van der Waals surface area contributed by atoms with Gasteiger partial charge in [0.15, 0.2) is 0 Å². The zero-order valence-corrected chi connectivity index (χ0v) is 19.6. The third-order valence-electron chi connectivity index (χ3n) is 5.84. The van der Waals surface area contributed by atoms with Gasteiger partial charge >= 0.3 is 0 Å². The Bertz CT molecular complexity index is 989. The fourth-order valence-electron chi connectivity index (χ4n) is 3.47. The van der Waals surface area contributed by atoms with Gasteiger partial charge in [-0.15, -0.1) is 0 Å². The summed E-state index contributed by atoms with van der Waals surface area (Å²) in [4.78, 5) is 2.15. The molecule has 32 heavy (non-hydrogen) atoms. The molecule has 1 unspecified atom stereocenters. The van der Waals surface area contributed by atoms with Gasteiger partial charge in [0.2, 0.25) is 0 Å². The van der Waals surface area contributed by atoms with Crippen molar-refractivity contribution in [2.24, 2.45) is 5.92 Å². The molecule has 170 valence electrons. The Hall–Kier alpha value is -2.84. The first-order valence-electron chi connectivity index (χ1n) is 11.5. The number of halogens is 1. The quantitative estimate of drug-likeness (QED) is 0.583. The van der Waals surface area contributed by atoms with Crippen LogP contribution < -0.4 is 10.1 Å². The molecule has 1 atom stereocenters. The largest absolute Gasteiger partial charge is 0.490 e. The fourth-order valence-corrected chi connectivity index (χ4v) is 3.47. The minimum atomic E-state index is -0.505. The Morgan fingerprint density at radius 3 is 2.56 bits per heavy atom. The molecule has 0 bridgehead atoms. The van der Waals surface area contributed by atoms with E-state index in [1.807, 2.05) is 30.5 Å². The van der Waals surface area contributed by atoms with E-state index in [1.54, 1.807) is 6.07 Å². The zero-order chi connectivity index (χ0) is 23.1. The van der Waals surface area contributed by atoms with E-state index in [2.05, 4.69) is 38.2 Å². The zero-order valence-electron chi connectivity index (χ0n) is 19.6. The highest BCUT2D eigenvalue weighted by atomic mass is 19.1. The highest BCUT2D eigenvalue weighted by molar-refractivity contribution is 5.73. The molecule has 0 amide bonds. The summed E-state index contributed by atoms with van der Waals surface area (Å²) in [5.41, 5.74) is 3.85. The van der Waals surface area contributed by atoms with Gasteiger partial charge in [-0.2, -0.15) is 5.26 Å². The molecule has 1 aliphatic heterocycles. The van der Waals surface area contributed by atoms with Gasteiger partial charge in [0.05, 0.1) is 11.7 Å². The lowest BCUT2D eigenvalue weighted by molar-refractivity contribution is 0.171. The maximum atomic E-state index is 14.1. The molecule has 0 aromatic heterocycles. The lowest BCUT2D eigenvalue weighted by atomic mass is 9.96. The van der Waals surface area contributed by atoms with Gasteiger partial charge in [0, 0.05) is 18.7 Å². The number of fused-ring (bicyclic) bond motifs is 1. The summed E-state index contributed by atoms with van der Waals surface area (Å²) in [5, 5.41) is 12.2. The van der Waals surface area contributed by atoms with Crippen molar-refractivity contribution in [2.75, 3.05) is 20.6 Å². The molecule has 4 rings (SSSR count). The van der Waals surface area contributed by atoms with Crippen LogP contribution in [0.25, 0.3) is 17.2 Å². The Kier molecular flexibility index (Phi) is 8.30. The van der Waals surface area contributed by atoms with Gasteiger partial charge in [0.25, 0.3) is 0 Å². The lowest BCUT2D eigenvalue weighted by Crippen LogP contribution is -2.24. The van der Waals surface area contributed by atoms with Gasteiger partial charge in [-0.3, -0.25) is 0 Å². The number of ether oxygens (including phenoxy) is 1. The van der Waals surface area contributed by atoms with Crippen molar-refractivity contribution in [3.63, 3.8) is 0 Å². The highest BCUT2D eigenvalue weighted by Crippen LogP contribution is 2.34. The molecule has 5 heteroatoms. The van der Waals surface area contributed by atoms with Gasteiger partial charge in [-0.1, -0.05) is 32.8 Å². The van der Waals surface area contributed by atoms with Crippen molar-refractivity contribution in [1.82, 2.24) is 10.2 Å². The topological polar surface area (TPSA) is 48.3 Å². The van der Waals surface area contributed by atoms with Crippen LogP contribution in [0.5, 0.6) is 5.75 Å². The fraction of sp³-hybridized carbons (Fsp3) is 0.444. The molecule has 0 radical (unpaired) electrons. The predicted molar refractivity (Wildman–Crippen MR) is 129 cm³/mol. The minimum absolute atomic E-state index is 0.0528. The molecule has 2 aromatic rings. The molecular weight excluding hydrogens is 401 g/mol. The van der Waals surface area contributed by atoms with Crippen LogP contribution in [0.1, 0.15) is 56.2 Å². The summed E-state index contributed by atoms with van der Waals surface area (Å²) in [6.07, 6.45) is 8.87. The van der Waals surface area contributed by atoms with Crippen molar-refractivity contribution in [2.45, 2.75) is 52.2 Å². The predicted octanol–water partition coefficient (Wildman–Crippen LogP) is 5.96. The van der Waals surface area contributed by atoms with E-state index in [0.717, 1.165) is 53.3 Å². The minimum Gasteiger partial charge on any atom is -0.490 e. The second-order valence-corrected chi connectivity index (χ2v) is 8.99. The van der Waals surface area contributed by atoms with Gasteiger partial charge in [-0.25, -0.2) is 4.39 Å². The summed E-state index contributed by atoms with van der Waals surface area (Å²) in [7, 11) is 4.12. The number of nitriles is 1. The van der Waals surface area contributed by atoms with Gasteiger partial charge < -0.3 is 15.0 Å². The Morgan fingerprint density at radius 1 is 1.22 bits per heavy atom. The third kappa shape index (κ3) is 6.58. The van der Waals surface area contributed by atoms with E-state index < -0.39 is 5.82 Å². The SMILES string of the molecule is CC1CC1.CCC(CCN(C)C)Oc1cc(-c2ccc(C#N)c(F)c2)cc2c1CNC=C2. The van der Waals surface area contributed by atoms with Crippen LogP contribution in [0.4, 0.5) is 4.39 Å². The summed E-state index contributed by atoms with van der Waals surface area (Å²) in [5.74, 6) is 1.41. The molecule has 0 saturated heterocycles. The summed E-state index contributed by atoms with van der Waals surface area (Å²) < 4.78 is 20.5. The normalized spacial score (nSPS) is 15.2. The average Bonchev–Trinajstić information content (AvgIpc) is 3.58. The van der Waals surface area contributed by atoms with Crippen LogP contribution >= 0.6 is 0 Å². The molecular formula is C27H34FN3O. The first-order chi connectivity index (χ1) is 15.4. The van der Waals surface area contributed by atoms with Crippen LogP contribution in [-0.4, -0.2) is 31.6 Å². The summed E-state index contributed by atoms with van der Waals surface area (Å²) >= 11 is 0. The molecule has 1 N–H and O–H groups in total. The lowest BCUT2D eigenvalue weighted by Gasteiger charge is -2.24. The van der Waals surface area contributed by atoms with E-state index in [-0.39, 0.29) is 11.7 Å². The maximum Gasteiger partial charge on any atom is 0.141 e. The van der Waals surface area contributed by atoms with Crippen LogP contribution in [0.3, 0.4) is 0 Å². The molecule has 0 spiro atoms. The number of hydrogen-bond acceptors (Lipinski definition) is 4. The standard InChI is InChI=1S/C23H26FN3O.C4H8/c1-4-20(8-10-27(2)3)28-23-13-19(11-17-7-9-26-15-21(17)23)16-5-6-18(14-25)22(24)12-16;1-4-2-3-4/h5-7,9,11-13,20,26H,4,8,10,15H2,1-3H3;4H,2-3H2,1H3. The first-order valence-corrected chi connectivity index (χ1v) is 11.5. The average molecular weight is 436 g/mol. The number of hydrogen-bond donors (Lipinski definition) is 1. The van der Waals surface area contributed by atoms with Crippen molar-refractivity contribution in [3.8, 4) is 22.9 Å². The molecule has 1 saturated carbocycles. The molecule has 2 aliphatic rings. The smallest absolute Gasteiger partial charge is 0.141 e. The second-order valence-electron chi connectivity index (χ2n) is 8.99. The van der Waals surface area contributed by atoms with E-state index in [0.29, 0.717) is 6.54 Å². The van der Waals surface area contributed by atoms with E-state index in [4.69, 9.17) is 10.00 Å². The van der Waals surface area contributed by atoms with Crippen molar-refractivity contribution in [3.05, 3.63) is 59.0 Å². The number of nitrogens with one attached hydrogen (secondary N) is 1. The van der Waals surface area contributed by atoms with Crippen LogP contribution in [0.15, 0.2) is 36.5 Å². The number of nitrogens with zero attached hydrogens (tertiary/aromatic N) is 2. The molecule has 1 heterocycles. The van der Waals surface area contributed by atoms with E-state index >= 15 is 0 Å². The van der Waals surface area contributed by atoms with Crippen LogP contribution in [-0.2, 0) is 6.54 Å². The molecule has 4 nitrogen and oxygen atoms in total. The Balaban J connectivity index is 0.000000650. The van der Waals surface area contributed by atoms with Gasteiger partial charge in [-0.05, 0) is 86.1 Å². The number of benzene rings is 2. The van der Waals surface area contributed by atoms with Crippen LogP contribution in [0.2, 0.25) is 0 Å². The third-order valence-corrected chi connectivity index (χ3v) is 5.84. The highest BCUT2D eigenvalue weighted by Gasteiger charge is 2.18. The first kappa shape index (κ1) is 23.8. The Morgan fingerprint density at radius 2 is 1.97 bits per heavy atom. The van der Waals surface area contributed by atoms with Crippen LogP contribution in [0, 0.1) is 23.1 Å². The molecule has 2 aromatic carbocycles. The van der Waals surface area contributed by atoms with Crippen molar-refractivity contribution in [1.29, 1.82) is 5.26 Å². The summed E-state index contributed by atoms with van der Waals surface area (Å²) in [6.45, 7) is 6.07. The Labute approximate surface area is 191 Å². The van der Waals surface area contributed by atoms with E-state index in [1.165, 1.54) is 25.0 Å². The number of rotatable bonds is 7. The maximum absolute atomic E-state index is 14.1. The second kappa shape index (κ2) is 11.2. The van der Waals surface area contributed by atoms with E-state index in [9.17, 15) is 4.39 Å². The van der Waals surface area contributed by atoms with Crippen molar-refractivity contribution >= 4 is 6.08 Å². The van der Waals surface area contributed by atoms with Crippen molar-refractivity contribution < 1.29 is 9.13 Å². The van der Waals surface area contributed by atoms with Gasteiger partial charge in [0.1, 0.15) is 17.6 Å². The monoisotopic (exact) mass is 435 g/mol. The molecule has 1 fully saturated rings. The summed E-state index contributed by atoms with van der Waals surface area (Å²) in [6, 6.07) is 10.6. The molecule has 1 aliphatic carbocycles.